The number of β-amino-alcohol motifs (C(OH)–C–C–N with tert-alkyl or cyclic N) is 1. The number of aromatic hydroxyl groups is 3. The third kappa shape index (κ3) is 2.68. The normalized spacial score (nSPS) is 28.5. The van der Waals surface area contributed by atoms with Crippen LogP contribution in [-0.4, -0.2) is 126 Å². The van der Waals surface area contributed by atoms with E-state index in [-0.39, 0.29) is 0 Å². The molecule has 1 aromatic rings. The first-order chi connectivity index (χ1) is 15.2. The van der Waals surface area contributed by atoms with E-state index in [0.29, 0.717) is 0 Å². The largest absolute Gasteiger partial charge is 0.504 e. The van der Waals surface area contributed by atoms with Crippen LogP contribution in [0.4, 0.5) is 0 Å². The van der Waals surface area contributed by atoms with Gasteiger partial charge in [-0.05, 0) is 0 Å². The Labute approximate surface area is 186 Å². The molecule has 1 aromatic carbocycles. The summed E-state index contributed by atoms with van der Waals surface area (Å²) in [5.41, 5.74) is -4.81. The van der Waals surface area contributed by atoms with E-state index < -0.39 is 87.4 Å². The molecule has 1 atom stereocenters. The Morgan fingerprint density at radius 2 is 1.24 bits per heavy atom. The second-order valence-electron chi connectivity index (χ2n) is 7.79. The summed E-state index contributed by atoms with van der Waals surface area (Å²) in [4.78, 5) is 11.7. The maximum Gasteiger partial charge on any atom is 0.284 e. The third-order valence-corrected chi connectivity index (χ3v) is 5.83. The lowest BCUT2D eigenvalue weighted by atomic mass is 9.85. The number of hydrogen-bond donors (Lipinski definition) is 15. The maximum absolute atomic E-state index is 11.7. The molecule has 18 nitrogen and oxygen atoms in total. The van der Waals surface area contributed by atoms with Gasteiger partial charge in [-0.25, -0.2) is 0 Å². The van der Waals surface area contributed by atoms with Crippen LogP contribution in [0.5, 0.6) is 28.7 Å². The molecule has 34 heavy (non-hydrogen) atoms. The molecular formula is C16H21NO17. The van der Waals surface area contributed by atoms with Crippen molar-refractivity contribution in [1.82, 2.24) is 5.32 Å². The van der Waals surface area contributed by atoms with Crippen molar-refractivity contribution in [2.24, 2.45) is 0 Å². The van der Waals surface area contributed by atoms with Crippen LogP contribution in [0.25, 0.3) is 0 Å². The number of methoxy groups -OCH3 is 1. The molecule has 0 radical (unpaired) electrons. The predicted molar refractivity (Wildman–Crippen MR) is 95.2 cm³/mol. The van der Waals surface area contributed by atoms with Gasteiger partial charge in [0.15, 0.2) is 17.1 Å². The van der Waals surface area contributed by atoms with Crippen LogP contribution in [0, 0.1) is 0 Å². The predicted octanol–water partition coefficient (Wildman–Crippen LogP) is -7.71. The van der Waals surface area contributed by atoms with Crippen molar-refractivity contribution < 1.29 is 85.8 Å². The van der Waals surface area contributed by atoms with Crippen molar-refractivity contribution in [1.29, 1.82) is 0 Å². The van der Waals surface area contributed by atoms with E-state index in [0.717, 1.165) is 7.11 Å². The zero-order valence-electron chi connectivity index (χ0n) is 16.8. The van der Waals surface area contributed by atoms with Gasteiger partial charge in [-0.1, -0.05) is 0 Å². The number of amides is 1. The molecule has 2 aliphatic rings. The quantitative estimate of drug-likeness (QED) is 0.104. The molecule has 1 unspecified atom stereocenters. The Balaban J connectivity index is 2.30. The highest BCUT2D eigenvalue weighted by Gasteiger charge is 2.85. The van der Waals surface area contributed by atoms with Crippen LogP contribution in [0.3, 0.4) is 0 Å². The second kappa shape index (κ2) is 6.90. The van der Waals surface area contributed by atoms with E-state index in [1.165, 1.54) is 0 Å². The Bertz CT molecular complexity index is 1020. The van der Waals surface area contributed by atoms with E-state index in [2.05, 4.69) is 4.74 Å². The monoisotopic (exact) mass is 499 g/mol. The topological polar surface area (TPSA) is 331 Å². The first-order valence-electron chi connectivity index (χ1n) is 8.92. The lowest BCUT2D eigenvalue weighted by Gasteiger charge is -2.34. The summed E-state index contributed by atoms with van der Waals surface area (Å²) < 4.78 is 9.39. The van der Waals surface area contributed by atoms with Gasteiger partial charge in [-0.2, -0.15) is 0 Å². The highest BCUT2D eigenvalue weighted by atomic mass is 16.7. The van der Waals surface area contributed by atoms with Crippen LogP contribution < -0.4 is 14.8 Å². The molecular weight excluding hydrogens is 478 g/mol. The molecule has 1 amide bonds. The molecule has 1 saturated heterocycles. The SMILES string of the molecule is COc1c(O)c(O)c(C2(O)CNC(=O)C2(O)O)c(O)c1OC1C(O)(O)C(O)(O)C(O)(O)C1(O)O. The Morgan fingerprint density at radius 3 is 1.62 bits per heavy atom. The van der Waals surface area contributed by atoms with Crippen LogP contribution in [0.2, 0.25) is 0 Å². The molecule has 0 aromatic heterocycles. The van der Waals surface area contributed by atoms with E-state index in [4.69, 9.17) is 4.74 Å². The lowest BCUT2D eigenvalue weighted by Crippen LogP contribution is -2.66. The standard InChI is InChI=1S/C16H21NO17/c1-33-7-6(20)4(18)3(11(22)2-17-10(21)14(11,27)28)5(19)8(7)34-9-12(23,24)15(29,30)16(31,32)13(9,25)26/h9,18-20,22-32H,2H2,1H3,(H,17,21). The molecule has 18 heteroatoms. The van der Waals surface area contributed by atoms with Gasteiger partial charge in [0, 0.05) is 0 Å². The highest BCUT2D eigenvalue weighted by Crippen LogP contribution is 2.59. The molecule has 2 fully saturated rings. The van der Waals surface area contributed by atoms with Gasteiger partial charge in [0.2, 0.25) is 23.4 Å². The van der Waals surface area contributed by atoms with Crippen molar-refractivity contribution >= 4 is 5.91 Å². The molecule has 0 bridgehead atoms. The summed E-state index contributed by atoms with van der Waals surface area (Å²) in [7, 11) is 0.744. The van der Waals surface area contributed by atoms with E-state index in [1.807, 2.05) is 0 Å². The van der Waals surface area contributed by atoms with Crippen LogP contribution >= 0.6 is 0 Å². The fourth-order valence-electron chi connectivity index (χ4n) is 3.70. The first-order valence-corrected chi connectivity index (χ1v) is 8.92. The van der Waals surface area contributed by atoms with Gasteiger partial charge in [0.25, 0.3) is 34.8 Å². The van der Waals surface area contributed by atoms with Crippen LogP contribution in [-0.2, 0) is 10.4 Å². The number of phenolic OH excluding ortho intramolecular Hbond substituents is 3. The molecule has 0 spiro atoms. The summed E-state index contributed by atoms with van der Waals surface area (Å²) in [6, 6.07) is 0. The minimum Gasteiger partial charge on any atom is -0.504 e. The summed E-state index contributed by atoms with van der Waals surface area (Å²) in [5.74, 6) is -30.6. The summed E-state index contributed by atoms with van der Waals surface area (Å²) in [5, 5.41) is 143. The summed E-state index contributed by atoms with van der Waals surface area (Å²) in [6.45, 7) is -1.12. The zero-order valence-corrected chi connectivity index (χ0v) is 16.8. The smallest absolute Gasteiger partial charge is 0.284 e. The van der Waals surface area contributed by atoms with Gasteiger partial charge in [-0.15, -0.1) is 0 Å². The minimum atomic E-state index is -4.55. The average Bonchev–Trinajstić information content (AvgIpc) is 2.94. The van der Waals surface area contributed by atoms with Gasteiger partial charge >= 0.3 is 0 Å². The van der Waals surface area contributed by atoms with Crippen molar-refractivity contribution in [3.8, 4) is 28.7 Å². The van der Waals surface area contributed by atoms with Crippen LogP contribution in [0.15, 0.2) is 0 Å². The number of carbonyl (C=O) groups is 1. The number of hydrogen-bond acceptors (Lipinski definition) is 17. The second-order valence-corrected chi connectivity index (χ2v) is 7.79. The van der Waals surface area contributed by atoms with Gasteiger partial charge < -0.3 is 86.3 Å². The molecule has 1 aliphatic carbocycles. The fourth-order valence-corrected chi connectivity index (χ4v) is 3.70. The molecule has 1 saturated carbocycles. The van der Waals surface area contributed by atoms with Crippen molar-refractivity contribution in [2.45, 2.75) is 40.6 Å². The van der Waals surface area contributed by atoms with Crippen molar-refractivity contribution in [3.63, 3.8) is 0 Å². The van der Waals surface area contributed by atoms with E-state index >= 15 is 0 Å². The van der Waals surface area contributed by atoms with Gasteiger partial charge in [-0.3, -0.25) is 4.79 Å². The average molecular weight is 499 g/mol. The molecule has 1 aliphatic heterocycles. The number of rotatable bonds is 4. The number of ether oxygens (including phenoxy) is 2. The zero-order chi connectivity index (χ0) is 26.4. The number of nitrogens with one attached hydrogen (secondary N) is 1. The fraction of sp³-hybridized carbons (Fsp3) is 0.562. The Kier molecular flexibility index (Phi) is 5.25. The van der Waals surface area contributed by atoms with Crippen LogP contribution in [0.1, 0.15) is 5.56 Å². The summed E-state index contributed by atoms with van der Waals surface area (Å²) in [6.07, 6.45) is -3.35. The molecule has 1 heterocycles. The third-order valence-electron chi connectivity index (χ3n) is 5.83. The minimum absolute atomic E-state index is 0.744. The molecule has 15 N–H and O–H groups in total. The number of carbonyl (C=O) groups excluding carboxylic acids is 1. The summed E-state index contributed by atoms with van der Waals surface area (Å²) >= 11 is 0. The Morgan fingerprint density at radius 1 is 0.765 bits per heavy atom. The molecule has 192 valence electrons. The van der Waals surface area contributed by atoms with E-state index in [1.54, 1.807) is 5.32 Å². The van der Waals surface area contributed by atoms with Crippen molar-refractivity contribution in [2.75, 3.05) is 13.7 Å². The lowest BCUT2D eigenvalue weighted by molar-refractivity contribution is -0.452. The van der Waals surface area contributed by atoms with Gasteiger partial charge in [0.1, 0.15) is 0 Å². The number of phenols is 3. The van der Waals surface area contributed by atoms with E-state index in [9.17, 15) is 76.3 Å². The number of benzene rings is 1. The van der Waals surface area contributed by atoms with Gasteiger partial charge in [0.05, 0.1) is 19.2 Å². The molecule has 3 rings (SSSR count). The highest BCUT2D eigenvalue weighted by molar-refractivity contribution is 5.89. The van der Waals surface area contributed by atoms with Crippen molar-refractivity contribution in [3.05, 3.63) is 5.56 Å². The first kappa shape index (κ1) is 25.9. The number of aliphatic hydroxyl groups is 11. The Hall–Kier alpha value is -2.75. The maximum atomic E-state index is 11.7.